The fraction of sp³-hybridized carbons (Fsp3) is 1.00. The summed E-state index contributed by atoms with van der Waals surface area (Å²) in [5.41, 5.74) is 0. The first-order chi connectivity index (χ1) is 7.36. The van der Waals surface area contributed by atoms with Gasteiger partial charge in [-0.05, 0) is 38.9 Å². The summed E-state index contributed by atoms with van der Waals surface area (Å²) in [6.45, 7) is 9.49. The van der Waals surface area contributed by atoms with Crippen LogP contribution in [0.25, 0.3) is 0 Å². The molecule has 1 aliphatic heterocycles. The van der Waals surface area contributed by atoms with Crippen molar-refractivity contribution in [1.82, 2.24) is 10.2 Å². The minimum atomic E-state index is 0.703. The average Bonchev–Trinajstić information content (AvgIpc) is 2.20. The Hall–Kier alpha value is -0.0800. The van der Waals surface area contributed by atoms with Crippen LogP contribution in [0.5, 0.6) is 0 Å². The van der Waals surface area contributed by atoms with E-state index in [9.17, 15) is 0 Å². The average molecular weight is 212 g/mol. The van der Waals surface area contributed by atoms with Gasteiger partial charge in [-0.25, -0.2) is 0 Å². The number of likely N-dealkylation sites (N-methyl/N-ethyl adjacent to an activating group) is 1. The van der Waals surface area contributed by atoms with E-state index in [0.29, 0.717) is 6.04 Å². The third-order valence-electron chi connectivity index (χ3n) is 3.41. The highest BCUT2D eigenvalue weighted by molar-refractivity contribution is 4.71. The summed E-state index contributed by atoms with van der Waals surface area (Å²) in [5.74, 6) is 0. The van der Waals surface area contributed by atoms with Crippen molar-refractivity contribution in [3.8, 4) is 0 Å². The fourth-order valence-electron chi connectivity index (χ4n) is 2.43. The van der Waals surface area contributed by atoms with E-state index in [2.05, 4.69) is 24.1 Å². The predicted molar refractivity (Wildman–Crippen MR) is 67.3 cm³/mol. The van der Waals surface area contributed by atoms with Crippen LogP contribution < -0.4 is 5.32 Å². The molecule has 90 valence electrons. The molecule has 1 heterocycles. The Labute approximate surface area is 95.4 Å². The quantitative estimate of drug-likeness (QED) is 0.753. The molecule has 0 spiro atoms. The fourth-order valence-corrected chi connectivity index (χ4v) is 2.43. The maximum absolute atomic E-state index is 3.57. The largest absolute Gasteiger partial charge is 0.313 e. The molecule has 0 radical (unpaired) electrons. The molecule has 2 heteroatoms. The Kier molecular flexibility index (Phi) is 7.03. The number of nitrogens with zero attached hydrogens (tertiary/aromatic N) is 1. The Bertz CT molecular complexity index is 139. The molecule has 1 atom stereocenters. The van der Waals surface area contributed by atoms with Gasteiger partial charge in [0.1, 0.15) is 0 Å². The third-order valence-corrected chi connectivity index (χ3v) is 3.41. The Balaban J connectivity index is 2.26. The maximum Gasteiger partial charge on any atom is 0.0192 e. The highest BCUT2D eigenvalue weighted by atomic mass is 15.1. The van der Waals surface area contributed by atoms with Crippen LogP contribution >= 0.6 is 0 Å². The molecule has 0 aromatic rings. The lowest BCUT2D eigenvalue weighted by atomic mass is 10.1. The van der Waals surface area contributed by atoms with E-state index in [1.165, 1.54) is 58.2 Å². The van der Waals surface area contributed by atoms with Crippen molar-refractivity contribution in [2.24, 2.45) is 0 Å². The van der Waals surface area contributed by atoms with Gasteiger partial charge in [-0.3, -0.25) is 0 Å². The zero-order chi connectivity index (χ0) is 10.9. The van der Waals surface area contributed by atoms with Crippen molar-refractivity contribution in [3.63, 3.8) is 0 Å². The van der Waals surface area contributed by atoms with E-state index in [1.54, 1.807) is 0 Å². The van der Waals surface area contributed by atoms with Crippen molar-refractivity contribution in [1.29, 1.82) is 0 Å². The first kappa shape index (κ1) is 13.0. The molecule has 0 saturated carbocycles. The summed E-state index contributed by atoms with van der Waals surface area (Å²) < 4.78 is 0. The minimum absolute atomic E-state index is 0.703. The van der Waals surface area contributed by atoms with Gasteiger partial charge in [0.2, 0.25) is 0 Å². The predicted octanol–water partition coefficient (Wildman–Crippen LogP) is 2.64. The number of hydrogen-bond acceptors (Lipinski definition) is 2. The van der Waals surface area contributed by atoms with Gasteiger partial charge in [0, 0.05) is 12.6 Å². The zero-order valence-corrected chi connectivity index (χ0v) is 10.6. The molecule has 0 aromatic heterocycles. The molecule has 1 rings (SSSR count). The molecule has 0 bridgehead atoms. The standard InChI is InChI=1S/C13H28N2/c1-3-13(14-4-2)12-15-10-8-6-5-7-9-11-15/h13-14H,3-12H2,1-2H3. The Morgan fingerprint density at radius 1 is 1.00 bits per heavy atom. The van der Waals surface area contributed by atoms with E-state index in [4.69, 9.17) is 0 Å². The van der Waals surface area contributed by atoms with Gasteiger partial charge in [-0.1, -0.05) is 33.1 Å². The van der Waals surface area contributed by atoms with Crippen LogP contribution in [0, 0.1) is 0 Å². The third kappa shape index (κ3) is 5.53. The highest BCUT2D eigenvalue weighted by Crippen LogP contribution is 2.11. The van der Waals surface area contributed by atoms with Crippen LogP contribution in [-0.2, 0) is 0 Å². The highest BCUT2D eigenvalue weighted by Gasteiger charge is 2.12. The van der Waals surface area contributed by atoms with Crippen molar-refractivity contribution < 1.29 is 0 Å². The van der Waals surface area contributed by atoms with Gasteiger partial charge in [-0.15, -0.1) is 0 Å². The van der Waals surface area contributed by atoms with Crippen LogP contribution in [0.15, 0.2) is 0 Å². The molecule has 2 nitrogen and oxygen atoms in total. The van der Waals surface area contributed by atoms with Crippen LogP contribution in [0.1, 0.15) is 52.4 Å². The van der Waals surface area contributed by atoms with E-state index in [-0.39, 0.29) is 0 Å². The molecule has 1 N–H and O–H groups in total. The zero-order valence-electron chi connectivity index (χ0n) is 10.6. The molecular formula is C13H28N2. The number of hydrogen-bond donors (Lipinski definition) is 1. The molecule has 15 heavy (non-hydrogen) atoms. The maximum atomic E-state index is 3.57. The second-order valence-electron chi connectivity index (χ2n) is 4.73. The smallest absolute Gasteiger partial charge is 0.0192 e. The Morgan fingerprint density at radius 2 is 1.60 bits per heavy atom. The summed E-state index contributed by atoms with van der Waals surface area (Å²) in [5, 5.41) is 3.57. The lowest BCUT2D eigenvalue weighted by Crippen LogP contribution is -2.41. The molecule has 1 aliphatic rings. The van der Waals surface area contributed by atoms with Crippen molar-refractivity contribution >= 4 is 0 Å². The van der Waals surface area contributed by atoms with Crippen LogP contribution in [0.3, 0.4) is 0 Å². The summed E-state index contributed by atoms with van der Waals surface area (Å²) in [6, 6.07) is 0.703. The SMILES string of the molecule is CCNC(CC)CN1CCCCCCC1. The van der Waals surface area contributed by atoms with E-state index < -0.39 is 0 Å². The second-order valence-corrected chi connectivity index (χ2v) is 4.73. The van der Waals surface area contributed by atoms with Crippen LogP contribution in [0.4, 0.5) is 0 Å². The van der Waals surface area contributed by atoms with Crippen LogP contribution in [0.2, 0.25) is 0 Å². The molecule has 1 saturated heterocycles. The van der Waals surface area contributed by atoms with Gasteiger partial charge in [0.15, 0.2) is 0 Å². The lowest BCUT2D eigenvalue weighted by Gasteiger charge is -2.28. The minimum Gasteiger partial charge on any atom is -0.313 e. The van der Waals surface area contributed by atoms with Crippen molar-refractivity contribution in [3.05, 3.63) is 0 Å². The molecule has 1 unspecified atom stereocenters. The molecule has 0 aromatic carbocycles. The number of rotatable bonds is 5. The van der Waals surface area contributed by atoms with E-state index >= 15 is 0 Å². The summed E-state index contributed by atoms with van der Waals surface area (Å²) in [4.78, 5) is 2.66. The van der Waals surface area contributed by atoms with Gasteiger partial charge in [-0.2, -0.15) is 0 Å². The van der Waals surface area contributed by atoms with E-state index in [0.717, 1.165) is 6.54 Å². The van der Waals surface area contributed by atoms with Gasteiger partial charge >= 0.3 is 0 Å². The number of likely N-dealkylation sites (tertiary alicyclic amines) is 1. The van der Waals surface area contributed by atoms with Gasteiger partial charge in [0.05, 0.1) is 0 Å². The molecular weight excluding hydrogens is 184 g/mol. The summed E-state index contributed by atoms with van der Waals surface area (Å²) in [7, 11) is 0. The van der Waals surface area contributed by atoms with Crippen molar-refractivity contribution in [2.45, 2.75) is 58.4 Å². The first-order valence-corrected chi connectivity index (χ1v) is 6.82. The lowest BCUT2D eigenvalue weighted by molar-refractivity contribution is 0.220. The molecule has 0 aliphatic carbocycles. The normalized spacial score (nSPS) is 22.0. The van der Waals surface area contributed by atoms with Gasteiger partial charge in [0.25, 0.3) is 0 Å². The monoisotopic (exact) mass is 212 g/mol. The van der Waals surface area contributed by atoms with Crippen molar-refractivity contribution in [2.75, 3.05) is 26.2 Å². The molecule has 1 fully saturated rings. The van der Waals surface area contributed by atoms with Crippen LogP contribution in [-0.4, -0.2) is 37.1 Å². The molecule has 0 amide bonds. The Morgan fingerprint density at radius 3 is 2.13 bits per heavy atom. The van der Waals surface area contributed by atoms with Gasteiger partial charge < -0.3 is 10.2 Å². The topological polar surface area (TPSA) is 15.3 Å². The first-order valence-electron chi connectivity index (χ1n) is 6.82. The summed E-state index contributed by atoms with van der Waals surface area (Å²) >= 11 is 0. The number of nitrogens with one attached hydrogen (secondary N) is 1. The van der Waals surface area contributed by atoms with E-state index in [1.807, 2.05) is 0 Å². The summed E-state index contributed by atoms with van der Waals surface area (Å²) in [6.07, 6.45) is 8.40. The second kappa shape index (κ2) is 8.12.